The van der Waals surface area contributed by atoms with Gasteiger partial charge in [0.1, 0.15) is 0 Å². The summed E-state index contributed by atoms with van der Waals surface area (Å²) in [6, 6.07) is 6.16. The summed E-state index contributed by atoms with van der Waals surface area (Å²) in [6.07, 6.45) is 2.61. The highest BCUT2D eigenvalue weighted by Gasteiger charge is 2.20. The lowest BCUT2D eigenvalue weighted by atomic mass is 10.1. The van der Waals surface area contributed by atoms with E-state index >= 15 is 0 Å². The molecule has 2 N–H and O–H groups in total. The monoisotopic (exact) mass is 275 g/mol. The smallest absolute Gasteiger partial charge is 0.238 e. The first-order chi connectivity index (χ1) is 9.54. The van der Waals surface area contributed by atoms with Crippen molar-refractivity contribution in [3.05, 3.63) is 29.3 Å². The van der Waals surface area contributed by atoms with Gasteiger partial charge < -0.3 is 15.5 Å². The molecule has 0 aromatic heterocycles. The van der Waals surface area contributed by atoms with Gasteiger partial charge in [-0.3, -0.25) is 4.79 Å². The molecule has 20 heavy (non-hydrogen) atoms. The second-order valence-electron chi connectivity index (χ2n) is 6.02. The number of amides is 1. The molecule has 0 saturated heterocycles. The molecular formula is C16H25N3O. The number of carbonyl (C=O) groups is 1. The lowest BCUT2D eigenvalue weighted by molar-refractivity contribution is -0.115. The fraction of sp³-hybridized carbons (Fsp3) is 0.562. The van der Waals surface area contributed by atoms with Crippen LogP contribution in [0.5, 0.6) is 0 Å². The molecule has 0 spiro atoms. The Bertz CT molecular complexity index is 467. The Morgan fingerprint density at radius 1 is 1.35 bits per heavy atom. The van der Waals surface area contributed by atoms with Crippen LogP contribution >= 0.6 is 0 Å². The van der Waals surface area contributed by atoms with E-state index in [1.165, 1.54) is 18.4 Å². The summed E-state index contributed by atoms with van der Waals surface area (Å²) in [5.74, 6) is 0.834. The number of nitrogens with one attached hydrogen (secondary N) is 2. The third kappa shape index (κ3) is 4.94. The summed E-state index contributed by atoms with van der Waals surface area (Å²) >= 11 is 0. The van der Waals surface area contributed by atoms with E-state index in [1.54, 1.807) is 0 Å². The van der Waals surface area contributed by atoms with Crippen LogP contribution in [-0.4, -0.2) is 38.0 Å². The molecule has 4 nitrogen and oxygen atoms in total. The largest absolute Gasteiger partial charge is 0.325 e. The summed E-state index contributed by atoms with van der Waals surface area (Å²) < 4.78 is 0. The third-order valence-electron chi connectivity index (χ3n) is 3.44. The first-order valence-electron chi connectivity index (χ1n) is 7.29. The van der Waals surface area contributed by atoms with Gasteiger partial charge in [0.2, 0.25) is 5.91 Å². The first kappa shape index (κ1) is 15.0. The molecule has 0 radical (unpaired) electrons. The lowest BCUT2D eigenvalue weighted by Crippen LogP contribution is -2.30. The fourth-order valence-corrected chi connectivity index (χ4v) is 2.22. The van der Waals surface area contributed by atoms with Crippen LogP contribution in [0.3, 0.4) is 0 Å². The predicted octanol–water partition coefficient (Wildman–Crippen LogP) is 1.99. The molecule has 1 fully saturated rings. The molecule has 1 saturated carbocycles. The quantitative estimate of drug-likeness (QED) is 0.800. The molecule has 1 aliphatic carbocycles. The summed E-state index contributed by atoms with van der Waals surface area (Å²) in [5.41, 5.74) is 3.29. The SMILES string of the molecule is Cc1ccc(NC(=O)CNCC2CC2)c(CN(C)C)c1. The van der Waals surface area contributed by atoms with E-state index in [-0.39, 0.29) is 5.91 Å². The van der Waals surface area contributed by atoms with Crippen molar-refractivity contribution in [2.24, 2.45) is 5.92 Å². The van der Waals surface area contributed by atoms with E-state index in [9.17, 15) is 4.79 Å². The molecule has 1 amide bonds. The van der Waals surface area contributed by atoms with Gasteiger partial charge in [-0.05, 0) is 58.0 Å². The van der Waals surface area contributed by atoms with E-state index in [4.69, 9.17) is 0 Å². The van der Waals surface area contributed by atoms with Crippen molar-refractivity contribution in [1.29, 1.82) is 0 Å². The van der Waals surface area contributed by atoms with Gasteiger partial charge in [-0.15, -0.1) is 0 Å². The number of nitrogens with zero attached hydrogens (tertiary/aromatic N) is 1. The minimum Gasteiger partial charge on any atom is -0.325 e. The number of rotatable bonds is 7. The van der Waals surface area contributed by atoms with Crippen LogP contribution in [-0.2, 0) is 11.3 Å². The van der Waals surface area contributed by atoms with Crippen molar-refractivity contribution in [1.82, 2.24) is 10.2 Å². The molecule has 0 unspecified atom stereocenters. The molecule has 1 aromatic carbocycles. The van der Waals surface area contributed by atoms with Gasteiger partial charge in [0.25, 0.3) is 0 Å². The highest BCUT2D eigenvalue weighted by molar-refractivity contribution is 5.93. The molecule has 2 rings (SSSR count). The molecule has 0 heterocycles. The molecule has 1 aromatic rings. The van der Waals surface area contributed by atoms with Crippen LogP contribution in [0.2, 0.25) is 0 Å². The Morgan fingerprint density at radius 2 is 2.10 bits per heavy atom. The summed E-state index contributed by atoms with van der Waals surface area (Å²) in [7, 11) is 4.07. The Balaban J connectivity index is 1.90. The van der Waals surface area contributed by atoms with Gasteiger partial charge in [0, 0.05) is 12.2 Å². The molecule has 1 aliphatic rings. The molecule has 0 bridgehead atoms. The molecule has 110 valence electrons. The van der Waals surface area contributed by atoms with Gasteiger partial charge in [0.05, 0.1) is 6.54 Å². The Kier molecular flexibility index (Phi) is 5.15. The number of benzene rings is 1. The maximum absolute atomic E-state index is 12.0. The van der Waals surface area contributed by atoms with E-state index in [1.807, 2.05) is 26.2 Å². The van der Waals surface area contributed by atoms with Crippen LogP contribution in [0.1, 0.15) is 24.0 Å². The van der Waals surface area contributed by atoms with Crippen molar-refractivity contribution >= 4 is 11.6 Å². The van der Waals surface area contributed by atoms with Gasteiger partial charge in [0.15, 0.2) is 0 Å². The normalized spacial score (nSPS) is 14.6. The van der Waals surface area contributed by atoms with Crippen molar-refractivity contribution < 1.29 is 4.79 Å². The van der Waals surface area contributed by atoms with Crippen LogP contribution in [0, 0.1) is 12.8 Å². The standard InChI is InChI=1S/C16H25N3O/c1-12-4-7-15(14(8-12)11-19(2)3)18-16(20)10-17-9-13-5-6-13/h4,7-8,13,17H,5-6,9-11H2,1-3H3,(H,18,20). The Morgan fingerprint density at radius 3 is 2.75 bits per heavy atom. The molecular weight excluding hydrogens is 250 g/mol. The van der Waals surface area contributed by atoms with Crippen molar-refractivity contribution in [2.45, 2.75) is 26.3 Å². The van der Waals surface area contributed by atoms with Crippen molar-refractivity contribution in [3.8, 4) is 0 Å². The van der Waals surface area contributed by atoms with Gasteiger partial charge in [-0.1, -0.05) is 17.7 Å². The van der Waals surface area contributed by atoms with Gasteiger partial charge in [-0.2, -0.15) is 0 Å². The van der Waals surface area contributed by atoms with E-state index in [0.29, 0.717) is 6.54 Å². The van der Waals surface area contributed by atoms with Gasteiger partial charge in [-0.25, -0.2) is 0 Å². The number of hydrogen-bond acceptors (Lipinski definition) is 3. The summed E-state index contributed by atoms with van der Waals surface area (Å²) in [6.45, 7) is 4.26. The van der Waals surface area contributed by atoms with Crippen LogP contribution < -0.4 is 10.6 Å². The minimum atomic E-state index is 0.0366. The highest BCUT2D eigenvalue weighted by Crippen LogP contribution is 2.27. The van der Waals surface area contributed by atoms with Crippen molar-refractivity contribution in [3.63, 3.8) is 0 Å². The summed E-state index contributed by atoms with van der Waals surface area (Å²) in [5, 5.41) is 6.23. The number of carbonyl (C=O) groups excluding carboxylic acids is 1. The second kappa shape index (κ2) is 6.86. The average Bonchev–Trinajstić information content (AvgIpc) is 3.16. The third-order valence-corrected chi connectivity index (χ3v) is 3.44. The maximum Gasteiger partial charge on any atom is 0.238 e. The number of anilines is 1. The van der Waals surface area contributed by atoms with Crippen molar-refractivity contribution in [2.75, 3.05) is 32.5 Å². The minimum absolute atomic E-state index is 0.0366. The topological polar surface area (TPSA) is 44.4 Å². The van der Waals surface area contributed by atoms with E-state index < -0.39 is 0 Å². The molecule has 0 atom stereocenters. The van der Waals surface area contributed by atoms with Crippen LogP contribution in [0.25, 0.3) is 0 Å². The lowest BCUT2D eigenvalue weighted by Gasteiger charge is -2.16. The molecule has 0 aliphatic heterocycles. The second-order valence-corrected chi connectivity index (χ2v) is 6.02. The van der Waals surface area contributed by atoms with Crippen LogP contribution in [0.4, 0.5) is 5.69 Å². The predicted molar refractivity (Wildman–Crippen MR) is 82.8 cm³/mol. The number of aryl methyl sites for hydroxylation is 1. The molecule has 4 heteroatoms. The van der Waals surface area contributed by atoms with Gasteiger partial charge >= 0.3 is 0 Å². The highest BCUT2D eigenvalue weighted by atomic mass is 16.1. The zero-order valence-electron chi connectivity index (χ0n) is 12.7. The zero-order valence-corrected chi connectivity index (χ0v) is 12.7. The van der Waals surface area contributed by atoms with E-state index in [2.05, 4.69) is 28.5 Å². The average molecular weight is 275 g/mol. The Hall–Kier alpha value is -1.39. The van der Waals surface area contributed by atoms with Crippen LogP contribution in [0.15, 0.2) is 18.2 Å². The Labute approximate surface area is 121 Å². The maximum atomic E-state index is 12.0. The summed E-state index contributed by atoms with van der Waals surface area (Å²) in [4.78, 5) is 14.1. The first-order valence-corrected chi connectivity index (χ1v) is 7.29. The van der Waals surface area contributed by atoms with E-state index in [0.717, 1.165) is 30.3 Å². The zero-order chi connectivity index (χ0) is 14.5. The number of hydrogen-bond donors (Lipinski definition) is 2. The fourth-order valence-electron chi connectivity index (χ4n) is 2.22.